The van der Waals surface area contributed by atoms with Gasteiger partial charge in [-0.25, -0.2) is 9.97 Å². The Bertz CT molecular complexity index is 2370. The zero-order chi connectivity index (χ0) is 37.6. The summed E-state index contributed by atoms with van der Waals surface area (Å²) < 4.78 is 1.86. The van der Waals surface area contributed by atoms with E-state index >= 15 is 0 Å². The molecule has 8 aromatic rings. The maximum Gasteiger partial charge on any atom is 0.233 e. The molecule has 0 saturated carbocycles. The maximum absolute atomic E-state index is 12.8. The molecule has 0 bridgehead atoms. The van der Waals surface area contributed by atoms with Gasteiger partial charge >= 0.3 is 0 Å². The van der Waals surface area contributed by atoms with Gasteiger partial charge in [-0.3, -0.25) is 9.59 Å². The topological polar surface area (TPSA) is 168 Å². The van der Waals surface area contributed by atoms with Gasteiger partial charge in [0.1, 0.15) is 11.3 Å². The second-order valence-electron chi connectivity index (χ2n) is 12.1. The lowest BCUT2D eigenvalue weighted by Crippen LogP contribution is -2.27. The number of pyridine rings is 2. The van der Waals surface area contributed by atoms with Crippen LogP contribution in [0.1, 0.15) is 23.0 Å². The van der Waals surface area contributed by atoms with E-state index in [0.29, 0.717) is 0 Å². The Morgan fingerprint density at radius 3 is 1.39 bits per heavy atom. The number of aromatic amines is 2. The average molecular weight is 956 g/mol. The number of rotatable bonds is 10. The summed E-state index contributed by atoms with van der Waals surface area (Å²) in [5.41, 5.74) is 17.4. The monoisotopic (exact) mass is 952 g/mol. The molecule has 0 spiro atoms. The second-order valence-corrected chi connectivity index (χ2v) is 16.0. The molecule has 8 rings (SSSR count). The molecule has 16 heteroatoms. The molecule has 8 N–H and O–H groups in total. The molecule has 0 aliphatic carbocycles. The largest absolute Gasteiger partial charge is 0.346 e. The first-order valence-electron chi connectivity index (χ1n) is 16.9. The highest BCUT2D eigenvalue weighted by Gasteiger charge is 2.22. The third-order valence-corrected chi connectivity index (χ3v) is 12.7. The lowest BCUT2D eigenvalue weighted by molar-refractivity contribution is -0.118. The standard InChI is InChI=1S/2C20H17BrN4OS.2ClH/c2*21-16-10-17(25-20(26)15(11-22)12-4-2-1-3-5-12)27-18(16)13-6-8-23-19-14(13)7-9-24-19;;/h2*1-10,15H,11,22H2,(H,23,24)(H,25,26);2*1H. The number of fused-ring (bicyclic) bond motifs is 2. The van der Waals surface area contributed by atoms with Crippen molar-refractivity contribution < 1.29 is 9.59 Å². The van der Waals surface area contributed by atoms with E-state index in [1.807, 2.05) is 109 Å². The number of aromatic nitrogens is 4. The molecular formula is C40H36Br2Cl2N8O2S2. The van der Waals surface area contributed by atoms with Crippen molar-refractivity contribution in [2.24, 2.45) is 11.5 Å². The molecule has 2 atom stereocenters. The SMILES string of the molecule is Cl.Cl.NCC(C(=O)Nc1cc(Br)c(-c2ccnc3[nH]ccc23)s1)c1ccccc1.NCC(C(=O)Nc1cc(Br)c(-c2ccnc3[nH]ccc23)s1)c1ccccc1. The van der Waals surface area contributed by atoms with Gasteiger partial charge in [0.05, 0.1) is 31.6 Å². The summed E-state index contributed by atoms with van der Waals surface area (Å²) in [4.78, 5) is 42.5. The van der Waals surface area contributed by atoms with Crippen molar-refractivity contribution in [3.63, 3.8) is 0 Å². The van der Waals surface area contributed by atoms with Gasteiger partial charge in [-0.1, -0.05) is 60.7 Å². The lowest BCUT2D eigenvalue weighted by Gasteiger charge is -2.14. The zero-order valence-electron chi connectivity index (χ0n) is 29.4. The number of benzene rings is 2. The minimum atomic E-state index is -0.382. The third kappa shape index (κ3) is 9.41. The predicted octanol–water partition coefficient (Wildman–Crippen LogP) is 10.3. The van der Waals surface area contributed by atoms with Crippen LogP contribution in [0.3, 0.4) is 0 Å². The number of H-pyrrole nitrogens is 2. The normalized spacial score (nSPS) is 11.8. The van der Waals surface area contributed by atoms with Gasteiger partial charge in [0.2, 0.25) is 11.8 Å². The third-order valence-electron chi connectivity index (χ3n) is 8.78. The van der Waals surface area contributed by atoms with Crippen molar-refractivity contribution >= 4 is 123 Å². The first-order chi connectivity index (χ1) is 26.3. The van der Waals surface area contributed by atoms with Crippen molar-refractivity contribution in [2.45, 2.75) is 11.8 Å². The highest BCUT2D eigenvalue weighted by atomic mass is 79.9. The summed E-state index contributed by atoms with van der Waals surface area (Å²) in [6.07, 6.45) is 7.30. The van der Waals surface area contributed by atoms with Crippen LogP contribution in [0.5, 0.6) is 0 Å². The predicted molar refractivity (Wildman–Crippen MR) is 242 cm³/mol. The van der Waals surface area contributed by atoms with E-state index < -0.39 is 0 Å². The second kappa shape index (κ2) is 19.7. The van der Waals surface area contributed by atoms with E-state index in [-0.39, 0.29) is 61.6 Å². The number of carbonyl (C=O) groups is 2. The molecule has 0 saturated heterocycles. The van der Waals surface area contributed by atoms with E-state index in [2.05, 4.69) is 62.4 Å². The average Bonchev–Trinajstić information content (AvgIpc) is 4.00. The van der Waals surface area contributed by atoms with Gasteiger partial charge < -0.3 is 32.1 Å². The fourth-order valence-corrected chi connectivity index (χ4v) is 9.78. The van der Waals surface area contributed by atoms with Crippen molar-refractivity contribution in [3.8, 4) is 20.9 Å². The van der Waals surface area contributed by atoms with Gasteiger partial charge in [-0.15, -0.1) is 47.5 Å². The number of hydrogen-bond acceptors (Lipinski definition) is 8. The van der Waals surface area contributed by atoms with Gasteiger partial charge in [-0.05, 0) is 79.4 Å². The van der Waals surface area contributed by atoms with Gasteiger partial charge in [0.15, 0.2) is 0 Å². The number of thiophene rings is 2. The molecule has 2 unspecified atom stereocenters. The zero-order valence-corrected chi connectivity index (χ0v) is 35.8. The highest BCUT2D eigenvalue weighted by molar-refractivity contribution is 9.11. The molecule has 56 heavy (non-hydrogen) atoms. The molecule has 288 valence electrons. The molecule has 6 heterocycles. The van der Waals surface area contributed by atoms with Crippen LogP contribution in [-0.2, 0) is 9.59 Å². The minimum absolute atomic E-state index is 0. The van der Waals surface area contributed by atoms with Gasteiger partial charge in [0.25, 0.3) is 0 Å². The van der Waals surface area contributed by atoms with Crippen LogP contribution >= 0.6 is 79.3 Å². The van der Waals surface area contributed by atoms with Crippen LogP contribution in [0.2, 0.25) is 0 Å². The van der Waals surface area contributed by atoms with Gasteiger partial charge in [0, 0.05) is 68.7 Å². The first kappa shape index (κ1) is 42.8. The number of anilines is 2. The summed E-state index contributed by atoms with van der Waals surface area (Å²) in [5, 5.41) is 9.66. The Balaban J connectivity index is 0.000000207. The Kier molecular flexibility index (Phi) is 15.0. The van der Waals surface area contributed by atoms with Crippen LogP contribution in [-0.4, -0.2) is 44.8 Å². The number of nitrogens with two attached hydrogens (primary N) is 2. The smallest absolute Gasteiger partial charge is 0.233 e. The van der Waals surface area contributed by atoms with Crippen LogP contribution in [0.15, 0.2) is 131 Å². The Hall–Kier alpha value is -4.38. The molecule has 10 nitrogen and oxygen atoms in total. The molecule has 2 aromatic carbocycles. The Morgan fingerprint density at radius 1 is 0.625 bits per heavy atom. The Morgan fingerprint density at radius 2 is 1.02 bits per heavy atom. The molecule has 6 aromatic heterocycles. The van der Waals surface area contributed by atoms with E-state index in [1.165, 1.54) is 22.7 Å². The summed E-state index contributed by atoms with van der Waals surface area (Å²) in [7, 11) is 0. The van der Waals surface area contributed by atoms with Gasteiger partial charge in [-0.2, -0.15) is 0 Å². The van der Waals surface area contributed by atoms with Crippen molar-refractivity contribution in [3.05, 3.63) is 142 Å². The van der Waals surface area contributed by atoms with Crippen molar-refractivity contribution in [1.29, 1.82) is 0 Å². The molecule has 0 fully saturated rings. The Labute approximate surface area is 360 Å². The molecule has 2 amide bonds. The van der Waals surface area contributed by atoms with E-state index in [4.69, 9.17) is 11.5 Å². The van der Waals surface area contributed by atoms with Crippen LogP contribution < -0.4 is 22.1 Å². The first-order valence-corrected chi connectivity index (χ1v) is 20.1. The van der Waals surface area contributed by atoms with E-state index in [1.54, 1.807) is 12.4 Å². The number of halogens is 4. The molecule has 0 aliphatic rings. The van der Waals surface area contributed by atoms with E-state index in [0.717, 1.165) is 73.0 Å². The molecule has 0 radical (unpaired) electrons. The summed E-state index contributed by atoms with van der Waals surface area (Å²) in [5.74, 6) is -0.975. The van der Waals surface area contributed by atoms with Crippen molar-refractivity contribution in [1.82, 2.24) is 19.9 Å². The molecule has 0 aliphatic heterocycles. The summed E-state index contributed by atoms with van der Waals surface area (Å²) >= 11 is 10.3. The van der Waals surface area contributed by atoms with Crippen LogP contribution in [0.4, 0.5) is 10.0 Å². The molecular weight excluding hydrogens is 919 g/mol. The summed E-state index contributed by atoms with van der Waals surface area (Å²) in [6, 6.07) is 31.0. The minimum Gasteiger partial charge on any atom is -0.346 e. The fourth-order valence-electron chi connectivity index (χ4n) is 6.12. The highest BCUT2D eigenvalue weighted by Crippen LogP contribution is 2.43. The van der Waals surface area contributed by atoms with Crippen LogP contribution in [0.25, 0.3) is 42.9 Å². The number of carbonyl (C=O) groups excluding carboxylic acids is 2. The maximum atomic E-state index is 12.8. The lowest BCUT2D eigenvalue weighted by atomic mass is 9.98. The quantitative estimate of drug-likeness (QED) is 0.0798. The van der Waals surface area contributed by atoms with E-state index in [9.17, 15) is 9.59 Å². The summed E-state index contributed by atoms with van der Waals surface area (Å²) in [6.45, 7) is 0.507. The van der Waals surface area contributed by atoms with Crippen LogP contribution in [0, 0.1) is 0 Å². The van der Waals surface area contributed by atoms with Crippen molar-refractivity contribution in [2.75, 3.05) is 23.7 Å². The number of nitrogens with one attached hydrogen (secondary N) is 4. The number of amides is 2. The number of hydrogen-bond donors (Lipinski definition) is 6. The fraction of sp³-hybridized carbons (Fsp3) is 0.100. The number of nitrogens with zero attached hydrogens (tertiary/aromatic N) is 2.